The van der Waals surface area contributed by atoms with Gasteiger partial charge in [0.25, 0.3) is 5.56 Å². The van der Waals surface area contributed by atoms with Crippen LogP contribution in [0.5, 0.6) is 0 Å². The molecule has 0 N–H and O–H groups in total. The fourth-order valence-electron chi connectivity index (χ4n) is 2.85. The zero-order chi connectivity index (χ0) is 19.9. The summed E-state index contributed by atoms with van der Waals surface area (Å²) < 4.78 is 6.53. The van der Waals surface area contributed by atoms with Crippen LogP contribution in [0.3, 0.4) is 0 Å². The average molecular weight is 415 g/mol. The smallest absolute Gasteiger partial charge is 0.337 e. The molecule has 3 aromatic rings. The maximum atomic E-state index is 13.1. The molecule has 0 saturated heterocycles. The van der Waals surface area contributed by atoms with Crippen LogP contribution in [-0.2, 0) is 17.7 Å². The number of carbonyl (C=O) groups excluding carboxylic acids is 1. The minimum Gasteiger partial charge on any atom is -0.465 e. The van der Waals surface area contributed by atoms with Crippen LogP contribution in [-0.4, -0.2) is 40.4 Å². The lowest BCUT2D eigenvalue weighted by Crippen LogP contribution is -2.24. The second kappa shape index (κ2) is 9.80. The van der Waals surface area contributed by atoms with Gasteiger partial charge in [0.1, 0.15) is 0 Å². The Labute approximate surface area is 172 Å². The quantitative estimate of drug-likeness (QED) is 0.241. The van der Waals surface area contributed by atoms with Crippen molar-refractivity contribution in [1.29, 1.82) is 0 Å². The molecule has 0 unspecified atom stereocenters. The standard InChI is InChI=1S/C21H22N2O3S2/c1-26-20(25)16-8-9-17-18(14-16)22-21(28-13-12-27-2)23(19(17)24)11-10-15-6-4-3-5-7-15/h3-9,14H,10-13H2,1-2H3. The summed E-state index contributed by atoms with van der Waals surface area (Å²) in [6, 6.07) is 15.0. The van der Waals surface area contributed by atoms with Gasteiger partial charge in [-0.25, -0.2) is 9.78 Å². The van der Waals surface area contributed by atoms with E-state index < -0.39 is 5.97 Å². The van der Waals surface area contributed by atoms with Crippen LogP contribution in [0.2, 0.25) is 0 Å². The lowest BCUT2D eigenvalue weighted by atomic mass is 10.1. The molecule has 5 nitrogen and oxygen atoms in total. The van der Waals surface area contributed by atoms with Crippen molar-refractivity contribution in [2.75, 3.05) is 24.9 Å². The molecular weight excluding hydrogens is 392 g/mol. The van der Waals surface area contributed by atoms with E-state index in [1.165, 1.54) is 12.7 Å². The number of ether oxygens (including phenoxy) is 1. The van der Waals surface area contributed by atoms with Crippen molar-refractivity contribution in [2.24, 2.45) is 0 Å². The predicted octanol–water partition coefficient (Wildman–Crippen LogP) is 3.88. The van der Waals surface area contributed by atoms with E-state index in [0.29, 0.717) is 28.2 Å². The number of methoxy groups -OCH3 is 1. The zero-order valence-electron chi connectivity index (χ0n) is 15.9. The SMILES string of the molecule is COC(=O)c1ccc2c(=O)n(CCc3ccccc3)c(SCCSC)nc2c1. The molecule has 1 heterocycles. The van der Waals surface area contributed by atoms with Gasteiger partial charge in [-0.15, -0.1) is 0 Å². The number of benzene rings is 2. The van der Waals surface area contributed by atoms with E-state index in [1.54, 1.807) is 46.3 Å². The minimum absolute atomic E-state index is 0.0796. The van der Waals surface area contributed by atoms with Gasteiger partial charge in [0.2, 0.25) is 0 Å². The molecular formula is C21H22N2O3S2. The highest BCUT2D eigenvalue weighted by atomic mass is 32.2. The summed E-state index contributed by atoms with van der Waals surface area (Å²) >= 11 is 3.33. The largest absolute Gasteiger partial charge is 0.465 e. The maximum Gasteiger partial charge on any atom is 0.337 e. The third kappa shape index (κ3) is 4.77. The maximum absolute atomic E-state index is 13.1. The molecule has 28 heavy (non-hydrogen) atoms. The lowest BCUT2D eigenvalue weighted by Gasteiger charge is -2.13. The first-order valence-corrected chi connectivity index (χ1v) is 11.3. The van der Waals surface area contributed by atoms with E-state index in [0.717, 1.165) is 17.9 Å². The van der Waals surface area contributed by atoms with Crippen LogP contribution in [0, 0.1) is 0 Å². The molecule has 0 amide bonds. The summed E-state index contributed by atoms with van der Waals surface area (Å²) in [7, 11) is 1.34. The molecule has 2 aromatic carbocycles. The molecule has 0 bridgehead atoms. The van der Waals surface area contributed by atoms with E-state index in [2.05, 4.69) is 18.4 Å². The first-order chi connectivity index (χ1) is 13.6. The van der Waals surface area contributed by atoms with Crippen LogP contribution in [0.25, 0.3) is 10.9 Å². The average Bonchev–Trinajstić information content (AvgIpc) is 2.73. The lowest BCUT2D eigenvalue weighted by molar-refractivity contribution is 0.0601. The van der Waals surface area contributed by atoms with Crippen molar-refractivity contribution >= 4 is 40.4 Å². The van der Waals surface area contributed by atoms with Gasteiger partial charge in [-0.3, -0.25) is 9.36 Å². The fourth-order valence-corrected chi connectivity index (χ4v) is 4.53. The molecule has 7 heteroatoms. The van der Waals surface area contributed by atoms with E-state index in [1.807, 2.05) is 18.2 Å². The van der Waals surface area contributed by atoms with Crippen LogP contribution in [0.4, 0.5) is 0 Å². The molecule has 0 aliphatic rings. The van der Waals surface area contributed by atoms with Gasteiger partial charge in [0, 0.05) is 18.1 Å². The van der Waals surface area contributed by atoms with Crippen LogP contribution >= 0.6 is 23.5 Å². The Morgan fingerprint density at radius 1 is 1.14 bits per heavy atom. The number of rotatable bonds is 8. The van der Waals surface area contributed by atoms with Crippen molar-refractivity contribution < 1.29 is 9.53 Å². The summed E-state index contributed by atoms with van der Waals surface area (Å²) in [5.41, 5.74) is 2.01. The Kier molecular flexibility index (Phi) is 7.17. The van der Waals surface area contributed by atoms with Gasteiger partial charge in [0.15, 0.2) is 5.16 Å². The number of esters is 1. The second-order valence-corrected chi connectivity index (χ2v) is 8.20. The molecule has 0 radical (unpaired) electrons. The third-order valence-electron chi connectivity index (χ3n) is 4.33. The molecule has 0 aliphatic heterocycles. The Hall–Kier alpha value is -2.25. The number of thioether (sulfide) groups is 2. The zero-order valence-corrected chi connectivity index (χ0v) is 17.5. The van der Waals surface area contributed by atoms with Crippen molar-refractivity contribution in [2.45, 2.75) is 18.1 Å². The highest BCUT2D eigenvalue weighted by Crippen LogP contribution is 2.20. The molecule has 0 fully saturated rings. The predicted molar refractivity (Wildman–Crippen MR) is 117 cm³/mol. The summed E-state index contributed by atoms with van der Waals surface area (Å²) in [4.78, 5) is 29.7. The molecule has 0 aliphatic carbocycles. The summed E-state index contributed by atoms with van der Waals surface area (Å²) in [5.74, 6) is 1.40. The number of aromatic nitrogens is 2. The topological polar surface area (TPSA) is 61.2 Å². The van der Waals surface area contributed by atoms with Gasteiger partial charge in [0.05, 0.1) is 23.6 Å². The van der Waals surface area contributed by atoms with Crippen molar-refractivity contribution in [3.8, 4) is 0 Å². The molecule has 1 aromatic heterocycles. The number of fused-ring (bicyclic) bond motifs is 1. The summed E-state index contributed by atoms with van der Waals surface area (Å²) in [5, 5.41) is 1.19. The first kappa shape index (κ1) is 20.5. The van der Waals surface area contributed by atoms with Crippen LogP contribution in [0.15, 0.2) is 58.5 Å². The fraction of sp³-hybridized carbons (Fsp3) is 0.286. The Bertz CT molecular complexity index is 1020. The normalized spacial score (nSPS) is 10.9. The van der Waals surface area contributed by atoms with Gasteiger partial charge >= 0.3 is 5.97 Å². The van der Waals surface area contributed by atoms with Gasteiger partial charge < -0.3 is 4.74 Å². The molecule has 0 atom stereocenters. The van der Waals surface area contributed by atoms with Gasteiger partial charge in [-0.2, -0.15) is 11.8 Å². The van der Waals surface area contributed by atoms with E-state index in [4.69, 9.17) is 9.72 Å². The second-order valence-electron chi connectivity index (χ2n) is 6.15. The number of hydrogen-bond donors (Lipinski definition) is 0. The van der Waals surface area contributed by atoms with E-state index in [9.17, 15) is 9.59 Å². The van der Waals surface area contributed by atoms with E-state index in [-0.39, 0.29) is 5.56 Å². The van der Waals surface area contributed by atoms with Crippen molar-refractivity contribution in [3.05, 3.63) is 70.0 Å². The van der Waals surface area contributed by atoms with Crippen molar-refractivity contribution in [1.82, 2.24) is 9.55 Å². The molecule has 146 valence electrons. The Balaban J connectivity index is 2.00. The Morgan fingerprint density at radius 2 is 1.93 bits per heavy atom. The Morgan fingerprint density at radius 3 is 2.64 bits per heavy atom. The monoisotopic (exact) mass is 414 g/mol. The number of nitrogens with zero attached hydrogens (tertiary/aromatic N) is 2. The summed E-state index contributed by atoms with van der Waals surface area (Å²) in [6.07, 6.45) is 2.81. The summed E-state index contributed by atoms with van der Waals surface area (Å²) in [6.45, 7) is 0.562. The highest BCUT2D eigenvalue weighted by Gasteiger charge is 2.14. The highest BCUT2D eigenvalue weighted by molar-refractivity contribution is 8.02. The number of carbonyl (C=O) groups is 1. The minimum atomic E-state index is -0.437. The molecule has 0 saturated carbocycles. The van der Waals surface area contributed by atoms with Crippen molar-refractivity contribution in [3.63, 3.8) is 0 Å². The number of aryl methyl sites for hydroxylation is 1. The molecule has 3 rings (SSSR count). The van der Waals surface area contributed by atoms with E-state index >= 15 is 0 Å². The van der Waals surface area contributed by atoms with Crippen LogP contribution < -0.4 is 5.56 Å². The number of hydrogen-bond acceptors (Lipinski definition) is 6. The first-order valence-electron chi connectivity index (χ1n) is 8.92. The van der Waals surface area contributed by atoms with Gasteiger partial charge in [-0.05, 0) is 36.4 Å². The molecule has 0 spiro atoms. The van der Waals surface area contributed by atoms with Gasteiger partial charge in [-0.1, -0.05) is 42.1 Å². The third-order valence-corrected chi connectivity index (χ3v) is 6.18. The van der Waals surface area contributed by atoms with Crippen LogP contribution in [0.1, 0.15) is 15.9 Å².